The van der Waals surface area contributed by atoms with Gasteiger partial charge in [-0.3, -0.25) is 0 Å². The van der Waals surface area contributed by atoms with E-state index in [0.717, 1.165) is 30.1 Å². The molecule has 3 unspecified atom stereocenters. The summed E-state index contributed by atoms with van der Waals surface area (Å²) in [7, 11) is 0. The van der Waals surface area contributed by atoms with Gasteiger partial charge in [0, 0.05) is 12.7 Å². The van der Waals surface area contributed by atoms with Gasteiger partial charge >= 0.3 is 5.97 Å². The van der Waals surface area contributed by atoms with Crippen molar-refractivity contribution in [1.82, 2.24) is 4.98 Å². The third kappa shape index (κ3) is 2.19. The van der Waals surface area contributed by atoms with Crippen LogP contribution in [-0.2, 0) is 0 Å². The molecule has 0 aromatic carbocycles. The molecule has 1 aromatic rings. The first-order chi connectivity index (χ1) is 8.72. The first-order valence-electron chi connectivity index (χ1n) is 6.65. The molecule has 3 rings (SSSR count). The minimum atomic E-state index is -0.929. The van der Waals surface area contributed by atoms with Gasteiger partial charge in [0.2, 0.25) is 0 Å². The fraction of sp³-hybridized carbons (Fsp3) is 0.571. The van der Waals surface area contributed by atoms with Crippen LogP contribution in [0.3, 0.4) is 0 Å². The summed E-state index contributed by atoms with van der Waals surface area (Å²) in [4.78, 5) is 14.8. The van der Waals surface area contributed by atoms with Gasteiger partial charge in [-0.25, -0.2) is 9.78 Å². The molecule has 4 nitrogen and oxygen atoms in total. The minimum Gasteiger partial charge on any atom is -0.478 e. The summed E-state index contributed by atoms with van der Waals surface area (Å²) in [6, 6.07) is 3.34. The van der Waals surface area contributed by atoms with Gasteiger partial charge in [-0.2, -0.15) is 0 Å². The molecule has 2 saturated carbocycles. The first kappa shape index (κ1) is 11.5. The molecule has 1 aromatic heterocycles. The highest BCUT2D eigenvalue weighted by molar-refractivity contribution is 5.87. The molecule has 2 fully saturated rings. The molecule has 4 heteroatoms. The maximum atomic E-state index is 10.7. The Labute approximate surface area is 106 Å². The van der Waals surface area contributed by atoms with Gasteiger partial charge in [-0.05, 0) is 49.1 Å². The second-order valence-electron chi connectivity index (χ2n) is 5.55. The van der Waals surface area contributed by atoms with Crippen molar-refractivity contribution in [2.24, 2.45) is 17.8 Å². The average Bonchev–Trinajstić information content (AvgIpc) is 2.99. The number of aromatic nitrogens is 1. The van der Waals surface area contributed by atoms with Crippen molar-refractivity contribution in [2.45, 2.75) is 25.7 Å². The summed E-state index contributed by atoms with van der Waals surface area (Å²) in [6.45, 7) is 0.973. The van der Waals surface area contributed by atoms with E-state index in [0.29, 0.717) is 0 Å². The highest BCUT2D eigenvalue weighted by Gasteiger charge is 2.38. The van der Waals surface area contributed by atoms with Gasteiger partial charge in [-0.1, -0.05) is 6.42 Å². The normalized spacial score (nSPS) is 29.4. The van der Waals surface area contributed by atoms with Gasteiger partial charge in [0.25, 0.3) is 0 Å². The maximum Gasteiger partial charge on any atom is 0.337 e. The fourth-order valence-electron chi connectivity index (χ4n) is 3.49. The van der Waals surface area contributed by atoms with Gasteiger partial charge < -0.3 is 10.4 Å². The molecular weight excluding hydrogens is 228 g/mol. The number of rotatable bonds is 4. The number of carbonyl (C=O) groups is 1. The van der Waals surface area contributed by atoms with E-state index < -0.39 is 5.97 Å². The zero-order chi connectivity index (χ0) is 12.5. The third-order valence-corrected chi connectivity index (χ3v) is 4.44. The average molecular weight is 246 g/mol. The number of carboxylic acids is 1. The number of fused-ring (bicyclic) bond motifs is 2. The van der Waals surface area contributed by atoms with E-state index >= 15 is 0 Å². The van der Waals surface area contributed by atoms with E-state index in [1.54, 1.807) is 12.1 Å². The first-order valence-corrected chi connectivity index (χ1v) is 6.65. The van der Waals surface area contributed by atoms with E-state index in [1.807, 2.05) is 0 Å². The lowest BCUT2D eigenvalue weighted by Crippen LogP contribution is -2.20. The highest BCUT2D eigenvalue weighted by Crippen LogP contribution is 2.48. The van der Waals surface area contributed by atoms with Crippen molar-refractivity contribution in [3.63, 3.8) is 0 Å². The molecule has 2 bridgehead atoms. The van der Waals surface area contributed by atoms with Crippen LogP contribution >= 0.6 is 0 Å². The van der Waals surface area contributed by atoms with Crippen LogP contribution in [0.4, 0.5) is 5.82 Å². The molecule has 0 amide bonds. The Morgan fingerprint density at radius 3 is 2.83 bits per heavy atom. The van der Waals surface area contributed by atoms with E-state index in [2.05, 4.69) is 10.3 Å². The molecule has 0 saturated heterocycles. The predicted octanol–water partition coefficient (Wildman–Crippen LogP) is 2.63. The number of nitrogens with zero attached hydrogens (tertiary/aromatic N) is 1. The van der Waals surface area contributed by atoms with E-state index in [4.69, 9.17) is 5.11 Å². The van der Waals surface area contributed by atoms with Crippen LogP contribution in [0.25, 0.3) is 0 Å². The zero-order valence-electron chi connectivity index (χ0n) is 10.3. The Morgan fingerprint density at radius 1 is 1.39 bits per heavy atom. The zero-order valence-corrected chi connectivity index (χ0v) is 10.3. The van der Waals surface area contributed by atoms with Crippen molar-refractivity contribution in [2.75, 3.05) is 11.9 Å². The van der Waals surface area contributed by atoms with Gasteiger partial charge in [0.1, 0.15) is 5.82 Å². The topological polar surface area (TPSA) is 62.2 Å². The molecule has 2 N–H and O–H groups in total. The van der Waals surface area contributed by atoms with Crippen LogP contribution in [0.1, 0.15) is 36.0 Å². The van der Waals surface area contributed by atoms with Crippen LogP contribution in [0, 0.1) is 17.8 Å². The highest BCUT2D eigenvalue weighted by atomic mass is 16.4. The Balaban J connectivity index is 1.55. The lowest BCUT2D eigenvalue weighted by Gasteiger charge is -2.22. The van der Waals surface area contributed by atoms with E-state index in [-0.39, 0.29) is 5.56 Å². The van der Waals surface area contributed by atoms with Gasteiger partial charge in [0.15, 0.2) is 0 Å². The Bertz CT molecular complexity index is 444. The number of hydrogen-bond donors (Lipinski definition) is 2. The Hall–Kier alpha value is -1.58. The number of nitrogens with one attached hydrogen (secondary N) is 1. The second-order valence-corrected chi connectivity index (χ2v) is 5.55. The standard InChI is InChI=1S/C14H18N2O2/c17-14(18)11-3-4-13(15-7-11)16-8-12-6-9-1-2-10(12)5-9/h3-4,7,9-10,12H,1-2,5-6,8H2,(H,15,16)(H,17,18). The summed E-state index contributed by atoms with van der Waals surface area (Å²) in [5.41, 5.74) is 0.237. The summed E-state index contributed by atoms with van der Waals surface area (Å²) in [5.74, 6) is 2.50. The van der Waals surface area contributed by atoms with Gasteiger partial charge in [0.05, 0.1) is 5.56 Å². The molecule has 2 aliphatic carbocycles. The Kier molecular flexibility index (Phi) is 2.94. The lowest BCUT2D eigenvalue weighted by molar-refractivity contribution is 0.0696. The molecule has 2 aliphatic rings. The monoisotopic (exact) mass is 246 g/mol. The molecule has 18 heavy (non-hydrogen) atoms. The number of anilines is 1. The molecule has 0 aliphatic heterocycles. The SMILES string of the molecule is O=C(O)c1ccc(NCC2CC3CCC2C3)nc1. The Morgan fingerprint density at radius 2 is 2.28 bits per heavy atom. The summed E-state index contributed by atoms with van der Waals surface area (Å²) in [5, 5.41) is 12.1. The fourth-order valence-corrected chi connectivity index (χ4v) is 3.49. The molecular formula is C14H18N2O2. The van der Waals surface area contributed by atoms with Crippen LogP contribution in [0.5, 0.6) is 0 Å². The van der Waals surface area contributed by atoms with Crippen molar-refractivity contribution in [3.8, 4) is 0 Å². The second kappa shape index (κ2) is 4.59. The van der Waals surface area contributed by atoms with Crippen LogP contribution in [-0.4, -0.2) is 22.6 Å². The predicted molar refractivity (Wildman–Crippen MR) is 68.6 cm³/mol. The number of hydrogen-bond acceptors (Lipinski definition) is 3. The lowest BCUT2D eigenvalue weighted by atomic mass is 9.89. The van der Waals surface area contributed by atoms with E-state index in [9.17, 15) is 4.79 Å². The van der Waals surface area contributed by atoms with Crippen molar-refractivity contribution in [3.05, 3.63) is 23.9 Å². The molecule has 0 radical (unpaired) electrons. The maximum absolute atomic E-state index is 10.7. The quantitative estimate of drug-likeness (QED) is 0.857. The van der Waals surface area contributed by atoms with Gasteiger partial charge in [-0.15, -0.1) is 0 Å². The summed E-state index contributed by atoms with van der Waals surface area (Å²) < 4.78 is 0. The van der Waals surface area contributed by atoms with Crippen LogP contribution in [0.15, 0.2) is 18.3 Å². The molecule has 96 valence electrons. The smallest absolute Gasteiger partial charge is 0.337 e. The molecule has 1 heterocycles. The number of carboxylic acid groups (broad SMARTS) is 1. The van der Waals surface area contributed by atoms with E-state index in [1.165, 1.54) is 31.9 Å². The summed E-state index contributed by atoms with van der Waals surface area (Å²) >= 11 is 0. The van der Waals surface area contributed by atoms with Crippen molar-refractivity contribution in [1.29, 1.82) is 0 Å². The minimum absolute atomic E-state index is 0.237. The van der Waals surface area contributed by atoms with Crippen LogP contribution in [0.2, 0.25) is 0 Å². The third-order valence-electron chi connectivity index (χ3n) is 4.44. The van der Waals surface area contributed by atoms with Crippen molar-refractivity contribution < 1.29 is 9.90 Å². The largest absolute Gasteiger partial charge is 0.478 e. The molecule has 0 spiro atoms. The molecule has 3 atom stereocenters. The van der Waals surface area contributed by atoms with Crippen molar-refractivity contribution >= 4 is 11.8 Å². The number of pyridine rings is 1. The number of aromatic carboxylic acids is 1. The summed E-state index contributed by atoms with van der Waals surface area (Å²) in [6.07, 6.45) is 6.99. The van der Waals surface area contributed by atoms with Crippen LogP contribution < -0.4 is 5.32 Å².